The third-order valence-electron chi connectivity index (χ3n) is 2.59. The minimum absolute atomic E-state index is 0.114. The molecular formula is C15H24BrNO. The molecule has 0 saturated heterocycles. The molecule has 1 rings (SSSR count). The first-order chi connectivity index (χ1) is 8.42. The van der Waals surface area contributed by atoms with E-state index in [2.05, 4.69) is 55.0 Å². The van der Waals surface area contributed by atoms with Gasteiger partial charge in [-0.3, -0.25) is 0 Å². The highest BCUT2D eigenvalue weighted by atomic mass is 79.9. The molecule has 3 heteroatoms. The zero-order valence-electron chi connectivity index (χ0n) is 11.8. The molecular weight excluding hydrogens is 290 g/mol. The maximum Gasteiger partial charge on any atom is 0.123 e. The van der Waals surface area contributed by atoms with E-state index in [9.17, 15) is 0 Å². The van der Waals surface area contributed by atoms with Crippen LogP contribution in [-0.2, 0) is 6.54 Å². The monoisotopic (exact) mass is 313 g/mol. The highest BCUT2D eigenvalue weighted by Gasteiger charge is 2.11. The quantitative estimate of drug-likeness (QED) is 0.780. The Labute approximate surface area is 119 Å². The highest BCUT2D eigenvalue weighted by molar-refractivity contribution is 9.10. The Balaban J connectivity index is 2.70. The van der Waals surface area contributed by atoms with Gasteiger partial charge in [0.05, 0.1) is 6.61 Å². The summed E-state index contributed by atoms with van der Waals surface area (Å²) in [4.78, 5) is 0. The van der Waals surface area contributed by atoms with Crippen molar-refractivity contribution in [2.24, 2.45) is 0 Å². The molecule has 1 N–H and O–H groups in total. The van der Waals surface area contributed by atoms with Crippen LogP contribution in [0.2, 0.25) is 0 Å². The fraction of sp³-hybridized carbons (Fsp3) is 0.600. The molecule has 0 unspecified atom stereocenters. The van der Waals surface area contributed by atoms with Crippen molar-refractivity contribution in [3.8, 4) is 5.75 Å². The molecule has 0 heterocycles. The van der Waals surface area contributed by atoms with E-state index in [-0.39, 0.29) is 5.54 Å². The van der Waals surface area contributed by atoms with Crippen LogP contribution in [0.25, 0.3) is 0 Å². The molecule has 1 aromatic rings. The summed E-state index contributed by atoms with van der Waals surface area (Å²) in [5.74, 6) is 0.989. The molecule has 0 fully saturated rings. The van der Waals surface area contributed by atoms with Gasteiger partial charge in [0.25, 0.3) is 0 Å². The van der Waals surface area contributed by atoms with Crippen LogP contribution in [0, 0.1) is 0 Å². The van der Waals surface area contributed by atoms with Crippen molar-refractivity contribution in [1.82, 2.24) is 5.32 Å². The van der Waals surface area contributed by atoms with Crippen molar-refractivity contribution < 1.29 is 4.74 Å². The summed E-state index contributed by atoms with van der Waals surface area (Å²) in [5, 5.41) is 3.50. The van der Waals surface area contributed by atoms with Gasteiger partial charge in [-0.15, -0.1) is 0 Å². The molecule has 0 aliphatic carbocycles. The Morgan fingerprint density at radius 1 is 1.28 bits per heavy atom. The lowest BCUT2D eigenvalue weighted by Crippen LogP contribution is -2.35. The molecule has 102 valence electrons. The largest absolute Gasteiger partial charge is 0.493 e. The van der Waals surface area contributed by atoms with Crippen LogP contribution in [0.5, 0.6) is 5.75 Å². The van der Waals surface area contributed by atoms with Gasteiger partial charge in [0.15, 0.2) is 0 Å². The standard InChI is InChI=1S/C15H24BrNO/c1-5-6-9-18-14-8-7-13(16)10-12(14)11-17-15(2,3)4/h7-8,10,17H,5-6,9,11H2,1-4H3. The van der Waals surface area contributed by atoms with E-state index < -0.39 is 0 Å². The molecule has 0 spiro atoms. The number of unbranched alkanes of at least 4 members (excludes halogenated alkanes) is 1. The van der Waals surface area contributed by atoms with Crippen LogP contribution in [0.3, 0.4) is 0 Å². The Kier molecular flexibility index (Phi) is 6.16. The van der Waals surface area contributed by atoms with Gasteiger partial charge < -0.3 is 10.1 Å². The molecule has 0 aliphatic heterocycles. The van der Waals surface area contributed by atoms with Gasteiger partial charge in [0.2, 0.25) is 0 Å². The fourth-order valence-electron chi connectivity index (χ4n) is 1.51. The van der Waals surface area contributed by atoms with Gasteiger partial charge in [-0.1, -0.05) is 29.3 Å². The summed E-state index contributed by atoms with van der Waals surface area (Å²) >= 11 is 3.52. The van der Waals surface area contributed by atoms with Crippen LogP contribution in [0.1, 0.15) is 46.1 Å². The van der Waals surface area contributed by atoms with E-state index >= 15 is 0 Å². The van der Waals surface area contributed by atoms with Gasteiger partial charge in [0.1, 0.15) is 5.75 Å². The zero-order chi connectivity index (χ0) is 13.6. The molecule has 0 saturated carbocycles. The van der Waals surface area contributed by atoms with E-state index in [1.54, 1.807) is 0 Å². The van der Waals surface area contributed by atoms with Gasteiger partial charge in [-0.25, -0.2) is 0 Å². The Morgan fingerprint density at radius 2 is 2.00 bits per heavy atom. The Morgan fingerprint density at radius 3 is 2.61 bits per heavy atom. The van der Waals surface area contributed by atoms with Crippen molar-refractivity contribution in [2.75, 3.05) is 6.61 Å². The van der Waals surface area contributed by atoms with Gasteiger partial charge >= 0.3 is 0 Å². The number of nitrogens with one attached hydrogen (secondary N) is 1. The number of halogens is 1. The second kappa shape index (κ2) is 7.15. The van der Waals surface area contributed by atoms with Crippen molar-refractivity contribution in [2.45, 2.75) is 52.6 Å². The first-order valence-corrected chi connectivity index (χ1v) is 7.38. The fourth-order valence-corrected chi connectivity index (χ4v) is 1.92. The number of hydrogen-bond acceptors (Lipinski definition) is 2. The summed E-state index contributed by atoms with van der Waals surface area (Å²) in [6.45, 7) is 10.3. The van der Waals surface area contributed by atoms with Crippen molar-refractivity contribution >= 4 is 15.9 Å². The van der Waals surface area contributed by atoms with Gasteiger partial charge in [0, 0.05) is 22.1 Å². The molecule has 0 aromatic heterocycles. The number of ether oxygens (including phenoxy) is 1. The van der Waals surface area contributed by atoms with Crippen LogP contribution in [0.4, 0.5) is 0 Å². The Hall–Kier alpha value is -0.540. The van der Waals surface area contributed by atoms with Gasteiger partial charge in [-0.2, -0.15) is 0 Å². The molecule has 2 nitrogen and oxygen atoms in total. The molecule has 0 amide bonds. The lowest BCUT2D eigenvalue weighted by atomic mass is 10.1. The van der Waals surface area contributed by atoms with Crippen LogP contribution < -0.4 is 10.1 Å². The van der Waals surface area contributed by atoms with Gasteiger partial charge in [-0.05, 0) is 45.4 Å². The molecule has 0 atom stereocenters. The first kappa shape index (κ1) is 15.5. The zero-order valence-corrected chi connectivity index (χ0v) is 13.4. The van der Waals surface area contributed by atoms with Crippen LogP contribution >= 0.6 is 15.9 Å². The maximum absolute atomic E-state index is 5.84. The third kappa shape index (κ3) is 5.87. The van der Waals surface area contributed by atoms with Crippen molar-refractivity contribution in [3.05, 3.63) is 28.2 Å². The summed E-state index contributed by atoms with van der Waals surface area (Å²) in [5.41, 5.74) is 1.32. The van der Waals surface area contributed by atoms with E-state index in [4.69, 9.17) is 4.74 Å². The smallest absolute Gasteiger partial charge is 0.123 e. The van der Waals surface area contributed by atoms with E-state index in [1.165, 1.54) is 5.56 Å². The predicted molar refractivity (Wildman–Crippen MR) is 81.1 cm³/mol. The minimum atomic E-state index is 0.114. The van der Waals surface area contributed by atoms with Crippen LogP contribution in [0.15, 0.2) is 22.7 Å². The second-order valence-corrected chi connectivity index (χ2v) is 6.47. The van der Waals surface area contributed by atoms with E-state index in [0.717, 1.165) is 36.2 Å². The van der Waals surface area contributed by atoms with Crippen molar-refractivity contribution in [1.29, 1.82) is 0 Å². The summed E-state index contributed by atoms with van der Waals surface area (Å²) in [7, 11) is 0. The SMILES string of the molecule is CCCCOc1ccc(Br)cc1CNC(C)(C)C. The molecule has 1 aromatic carbocycles. The molecule has 0 aliphatic rings. The number of rotatable bonds is 6. The number of hydrogen-bond donors (Lipinski definition) is 1. The third-order valence-corrected chi connectivity index (χ3v) is 3.08. The van der Waals surface area contributed by atoms with Crippen molar-refractivity contribution in [3.63, 3.8) is 0 Å². The molecule has 0 radical (unpaired) electrons. The Bertz CT molecular complexity index is 371. The molecule has 0 bridgehead atoms. The summed E-state index contributed by atoms with van der Waals surface area (Å²) < 4.78 is 6.93. The summed E-state index contributed by atoms with van der Waals surface area (Å²) in [6.07, 6.45) is 2.26. The van der Waals surface area contributed by atoms with E-state index in [0.29, 0.717) is 0 Å². The lowest BCUT2D eigenvalue weighted by Gasteiger charge is -2.22. The lowest BCUT2D eigenvalue weighted by molar-refractivity contribution is 0.303. The van der Waals surface area contributed by atoms with Crippen LogP contribution in [-0.4, -0.2) is 12.1 Å². The number of benzene rings is 1. The topological polar surface area (TPSA) is 21.3 Å². The summed E-state index contributed by atoms with van der Waals surface area (Å²) in [6, 6.07) is 6.20. The first-order valence-electron chi connectivity index (χ1n) is 6.58. The average molecular weight is 314 g/mol. The maximum atomic E-state index is 5.84. The highest BCUT2D eigenvalue weighted by Crippen LogP contribution is 2.24. The molecule has 18 heavy (non-hydrogen) atoms. The average Bonchev–Trinajstić information content (AvgIpc) is 2.28. The second-order valence-electron chi connectivity index (χ2n) is 5.56. The predicted octanol–water partition coefficient (Wildman–Crippen LogP) is 4.52. The minimum Gasteiger partial charge on any atom is -0.493 e. The van der Waals surface area contributed by atoms with E-state index in [1.807, 2.05) is 12.1 Å². The normalized spacial score (nSPS) is 11.6.